The third-order valence-electron chi connectivity index (χ3n) is 3.06. The zero-order chi connectivity index (χ0) is 15.2. The molecule has 0 heterocycles. The van der Waals surface area contributed by atoms with Crippen molar-refractivity contribution >= 4 is 29.0 Å². The quantitative estimate of drug-likeness (QED) is 0.638. The van der Waals surface area contributed by atoms with E-state index in [0.717, 1.165) is 22.6 Å². The Morgan fingerprint density at radius 1 is 1.19 bits per heavy atom. The molecule has 0 spiro atoms. The van der Waals surface area contributed by atoms with E-state index in [0.29, 0.717) is 16.9 Å². The van der Waals surface area contributed by atoms with Crippen molar-refractivity contribution in [3.63, 3.8) is 0 Å². The van der Waals surface area contributed by atoms with Crippen LogP contribution in [0.1, 0.15) is 29.3 Å². The lowest BCUT2D eigenvalue weighted by Crippen LogP contribution is -2.13. The van der Waals surface area contributed by atoms with Crippen molar-refractivity contribution in [1.82, 2.24) is 0 Å². The van der Waals surface area contributed by atoms with Gasteiger partial charge in [0.05, 0.1) is 11.4 Å². The number of thioether (sulfide) groups is 1. The van der Waals surface area contributed by atoms with Crippen LogP contribution in [0.2, 0.25) is 0 Å². The fraction of sp³-hybridized carbons (Fsp3) is 0.235. The third kappa shape index (κ3) is 4.26. The van der Waals surface area contributed by atoms with Gasteiger partial charge in [-0.1, -0.05) is 24.6 Å². The summed E-state index contributed by atoms with van der Waals surface area (Å²) < 4.78 is 0. The second kappa shape index (κ2) is 7.18. The molecule has 2 aromatic carbocycles. The van der Waals surface area contributed by atoms with Gasteiger partial charge in [-0.15, -0.1) is 11.8 Å². The fourth-order valence-electron chi connectivity index (χ4n) is 1.85. The Bertz CT molecular complexity index is 623. The van der Waals surface area contributed by atoms with Crippen molar-refractivity contribution in [3.05, 3.63) is 53.6 Å². The summed E-state index contributed by atoms with van der Waals surface area (Å²) in [5.41, 5.74) is 8.95. The number of rotatable bonds is 5. The van der Waals surface area contributed by atoms with Gasteiger partial charge in [0.15, 0.2) is 0 Å². The first-order chi connectivity index (χ1) is 10.1. The minimum Gasteiger partial charge on any atom is -0.397 e. The summed E-state index contributed by atoms with van der Waals surface area (Å²) >= 11 is 1.76. The molecule has 0 aliphatic rings. The first-order valence-electron chi connectivity index (χ1n) is 7.00. The summed E-state index contributed by atoms with van der Waals surface area (Å²) in [6, 6.07) is 13.2. The number of nitrogens with one attached hydrogen (secondary N) is 1. The highest BCUT2D eigenvalue weighted by atomic mass is 32.2. The van der Waals surface area contributed by atoms with Gasteiger partial charge >= 0.3 is 0 Å². The predicted octanol–water partition coefficient (Wildman–Crippen LogP) is 4.33. The lowest BCUT2D eigenvalue weighted by Gasteiger charge is -2.10. The van der Waals surface area contributed by atoms with Crippen molar-refractivity contribution in [2.24, 2.45) is 0 Å². The summed E-state index contributed by atoms with van der Waals surface area (Å²) in [6.45, 7) is 4.14. The molecule has 0 aromatic heterocycles. The number of nitrogen functional groups attached to an aromatic ring is 1. The summed E-state index contributed by atoms with van der Waals surface area (Å²) in [4.78, 5) is 13.3. The Morgan fingerprint density at radius 3 is 2.57 bits per heavy atom. The van der Waals surface area contributed by atoms with Crippen LogP contribution in [0.25, 0.3) is 0 Å². The number of hydrogen-bond donors (Lipinski definition) is 2. The van der Waals surface area contributed by atoms with Gasteiger partial charge in [-0.25, -0.2) is 0 Å². The van der Waals surface area contributed by atoms with E-state index in [9.17, 15) is 4.79 Å². The smallest absolute Gasteiger partial charge is 0.255 e. The maximum absolute atomic E-state index is 12.2. The van der Waals surface area contributed by atoms with Gasteiger partial charge in [-0.2, -0.15) is 0 Å². The lowest BCUT2D eigenvalue weighted by molar-refractivity contribution is 0.102. The second-order valence-electron chi connectivity index (χ2n) is 4.92. The van der Waals surface area contributed by atoms with Crippen LogP contribution < -0.4 is 11.1 Å². The number of carbonyl (C=O) groups excluding carboxylic acids is 1. The van der Waals surface area contributed by atoms with E-state index in [1.165, 1.54) is 0 Å². The van der Waals surface area contributed by atoms with Crippen molar-refractivity contribution in [3.8, 4) is 0 Å². The minimum atomic E-state index is -0.139. The molecule has 0 saturated heterocycles. The van der Waals surface area contributed by atoms with Gasteiger partial charge in [0, 0.05) is 10.5 Å². The summed E-state index contributed by atoms with van der Waals surface area (Å²) in [5, 5.41) is 2.89. The number of anilines is 2. The highest BCUT2D eigenvalue weighted by molar-refractivity contribution is 7.99. The maximum Gasteiger partial charge on any atom is 0.255 e. The van der Waals surface area contributed by atoms with Crippen LogP contribution in [-0.4, -0.2) is 11.7 Å². The number of nitrogens with two attached hydrogens (primary N) is 1. The number of aryl methyl sites for hydroxylation is 1. The van der Waals surface area contributed by atoms with E-state index in [2.05, 4.69) is 12.2 Å². The van der Waals surface area contributed by atoms with Crippen LogP contribution in [0.3, 0.4) is 0 Å². The summed E-state index contributed by atoms with van der Waals surface area (Å²) in [7, 11) is 0. The van der Waals surface area contributed by atoms with E-state index in [4.69, 9.17) is 5.73 Å². The zero-order valence-electron chi connectivity index (χ0n) is 12.3. The molecule has 0 atom stereocenters. The summed E-state index contributed by atoms with van der Waals surface area (Å²) in [5.74, 6) is 0.911. The van der Waals surface area contributed by atoms with Gasteiger partial charge in [0.25, 0.3) is 5.91 Å². The summed E-state index contributed by atoms with van der Waals surface area (Å²) in [6.07, 6.45) is 1.11. The van der Waals surface area contributed by atoms with Crippen molar-refractivity contribution < 1.29 is 4.79 Å². The topological polar surface area (TPSA) is 55.1 Å². The normalized spacial score (nSPS) is 10.4. The molecule has 0 fully saturated rings. The van der Waals surface area contributed by atoms with Gasteiger partial charge in [0.2, 0.25) is 0 Å². The van der Waals surface area contributed by atoms with Crippen LogP contribution in [0.5, 0.6) is 0 Å². The first kappa shape index (κ1) is 15.4. The average molecular weight is 300 g/mol. The SMILES string of the molecule is CCCSc1ccc(N)c(NC(=O)c2ccc(C)cc2)c1. The third-order valence-corrected chi connectivity index (χ3v) is 4.26. The van der Waals surface area contributed by atoms with Gasteiger partial charge < -0.3 is 11.1 Å². The predicted molar refractivity (Wildman–Crippen MR) is 91.0 cm³/mol. The Balaban J connectivity index is 2.14. The Kier molecular flexibility index (Phi) is 5.28. The number of carbonyl (C=O) groups is 1. The van der Waals surface area contributed by atoms with E-state index in [-0.39, 0.29) is 5.91 Å². The van der Waals surface area contributed by atoms with Crippen LogP contribution >= 0.6 is 11.8 Å². The Hall–Kier alpha value is -1.94. The molecule has 0 aliphatic heterocycles. The molecule has 0 bridgehead atoms. The molecule has 1 amide bonds. The average Bonchev–Trinajstić information content (AvgIpc) is 2.48. The zero-order valence-corrected chi connectivity index (χ0v) is 13.2. The molecule has 21 heavy (non-hydrogen) atoms. The van der Waals surface area contributed by atoms with Crippen LogP contribution in [0.4, 0.5) is 11.4 Å². The molecule has 0 radical (unpaired) electrons. The molecule has 0 saturated carbocycles. The lowest BCUT2D eigenvalue weighted by atomic mass is 10.1. The number of hydrogen-bond acceptors (Lipinski definition) is 3. The van der Waals surface area contributed by atoms with Crippen LogP contribution in [0.15, 0.2) is 47.4 Å². The minimum absolute atomic E-state index is 0.139. The van der Waals surface area contributed by atoms with E-state index in [1.807, 2.05) is 49.4 Å². The van der Waals surface area contributed by atoms with E-state index in [1.54, 1.807) is 11.8 Å². The van der Waals surface area contributed by atoms with Gasteiger partial charge in [-0.3, -0.25) is 4.79 Å². The van der Waals surface area contributed by atoms with E-state index >= 15 is 0 Å². The van der Waals surface area contributed by atoms with Crippen molar-refractivity contribution in [2.45, 2.75) is 25.2 Å². The Morgan fingerprint density at radius 2 is 1.90 bits per heavy atom. The van der Waals surface area contributed by atoms with E-state index < -0.39 is 0 Å². The molecule has 3 N–H and O–H groups in total. The molecular formula is C17H20N2OS. The highest BCUT2D eigenvalue weighted by Crippen LogP contribution is 2.27. The van der Waals surface area contributed by atoms with Gasteiger partial charge in [0.1, 0.15) is 0 Å². The van der Waals surface area contributed by atoms with Crippen LogP contribution in [0, 0.1) is 6.92 Å². The maximum atomic E-state index is 12.2. The molecule has 2 rings (SSSR count). The highest BCUT2D eigenvalue weighted by Gasteiger charge is 2.08. The molecular weight excluding hydrogens is 280 g/mol. The molecule has 4 heteroatoms. The van der Waals surface area contributed by atoms with Crippen molar-refractivity contribution in [1.29, 1.82) is 0 Å². The largest absolute Gasteiger partial charge is 0.397 e. The van der Waals surface area contributed by atoms with Gasteiger partial charge in [-0.05, 0) is 49.4 Å². The monoisotopic (exact) mass is 300 g/mol. The Labute approximate surface area is 129 Å². The molecule has 0 aliphatic carbocycles. The van der Waals surface area contributed by atoms with Crippen molar-refractivity contribution in [2.75, 3.05) is 16.8 Å². The molecule has 110 valence electrons. The molecule has 3 nitrogen and oxygen atoms in total. The number of benzene rings is 2. The molecule has 2 aromatic rings. The van der Waals surface area contributed by atoms with Crippen LogP contribution in [-0.2, 0) is 0 Å². The first-order valence-corrected chi connectivity index (χ1v) is 7.99. The fourth-order valence-corrected chi connectivity index (χ4v) is 2.66. The standard InChI is InChI=1S/C17H20N2OS/c1-3-10-21-14-8-9-15(18)16(11-14)19-17(20)13-6-4-12(2)5-7-13/h4-9,11H,3,10,18H2,1-2H3,(H,19,20). The number of amides is 1. The molecule has 0 unspecified atom stereocenters. The second-order valence-corrected chi connectivity index (χ2v) is 6.09.